The van der Waals surface area contributed by atoms with Gasteiger partial charge in [0, 0.05) is 59.3 Å². The largest absolute Gasteiger partial charge is 0.415 e. The first-order valence-corrected chi connectivity index (χ1v) is 16.5. The van der Waals surface area contributed by atoms with Gasteiger partial charge in [-0.1, -0.05) is 41.5 Å². The molecule has 1 saturated heterocycles. The molecule has 0 N–H and O–H groups in total. The summed E-state index contributed by atoms with van der Waals surface area (Å²) in [7, 11) is -2.30. The fourth-order valence-corrected chi connectivity index (χ4v) is 23.5. The topological polar surface area (TPSA) is 55.4 Å². The zero-order valence-corrected chi connectivity index (χ0v) is 21.9. The molecule has 9 heteroatoms. The van der Waals surface area contributed by atoms with Gasteiger partial charge in [0.2, 0.25) is 0 Å². The minimum atomic E-state index is -2.52. The van der Waals surface area contributed by atoms with Crippen LogP contribution in [-0.2, 0) is 26.6 Å². The number of rotatable bonds is 12. The zero-order valence-electron chi connectivity index (χ0n) is 18.9. The molecule has 0 aromatic heterocycles. The molecule has 1 aliphatic heterocycles. The number of hydrogen-bond acceptors (Lipinski definition) is 6. The fourth-order valence-electron chi connectivity index (χ4n) is 3.55. The maximum Gasteiger partial charge on any atom is 0.325 e. The van der Waals surface area contributed by atoms with E-state index in [1.165, 1.54) is 0 Å². The number of hydrogen-bond donors (Lipinski definition) is 0. The minimum absolute atomic E-state index is 0.331. The van der Waals surface area contributed by atoms with Crippen LogP contribution in [0.25, 0.3) is 0 Å². The molecule has 0 atom stereocenters. The van der Waals surface area contributed by atoms with Crippen LogP contribution in [0.15, 0.2) is 0 Å². The summed E-state index contributed by atoms with van der Waals surface area (Å²) in [6.07, 6.45) is 0. The van der Waals surface area contributed by atoms with E-state index in [4.69, 9.17) is 26.6 Å². The van der Waals surface area contributed by atoms with E-state index in [-0.39, 0.29) is 0 Å². The number of methoxy groups -OCH3 is 3. The van der Waals surface area contributed by atoms with Gasteiger partial charge in [-0.25, -0.2) is 0 Å². The van der Waals surface area contributed by atoms with Gasteiger partial charge in [-0.05, 0) is 16.6 Å². The van der Waals surface area contributed by atoms with Gasteiger partial charge in [0.15, 0.2) is 0 Å². The van der Waals surface area contributed by atoms with Gasteiger partial charge in [0.25, 0.3) is 0 Å². The molecule has 27 heavy (non-hydrogen) atoms. The smallest absolute Gasteiger partial charge is 0.325 e. The predicted octanol–water partition coefficient (Wildman–Crippen LogP) is 4.55. The Bertz CT molecular complexity index is 366. The molecule has 6 nitrogen and oxygen atoms in total. The van der Waals surface area contributed by atoms with Crippen molar-refractivity contribution in [2.75, 3.05) is 41.2 Å². The van der Waals surface area contributed by atoms with Crippen LogP contribution in [-0.4, -0.2) is 66.8 Å². The van der Waals surface area contributed by atoms with Gasteiger partial charge in [-0.15, -0.1) is 0 Å². The second kappa shape index (κ2) is 11.0. The van der Waals surface area contributed by atoms with Crippen molar-refractivity contribution in [2.24, 2.45) is 0 Å². The highest BCUT2D eigenvalue weighted by Crippen LogP contribution is 2.48. The highest BCUT2D eigenvalue weighted by molar-refractivity contribution is 6.96. The molecule has 0 unspecified atom stereocenters. The third-order valence-corrected chi connectivity index (χ3v) is 21.9. The summed E-state index contributed by atoms with van der Waals surface area (Å²) in [6, 6.07) is 2.52. The van der Waals surface area contributed by atoms with Gasteiger partial charge in [0.05, 0.1) is 0 Å². The van der Waals surface area contributed by atoms with Crippen LogP contribution in [0.5, 0.6) is 0 Å². The van der Waals surface area contributed by atoms with Gasteiger partial charge in [-0.2, -0.15) is 0 Å². The Balaban J connectivity index is 3.47. The van der Waals surface area contributed by atoms with Gasteiger partial charge in [0.1, 0.15) is 0 Å². The summed E-state index contributed by atoms with van der Waals surface area (Å²) in [5.74, 6) is 0. The van der Waals surface area contributed by atoms with E-state index in [9.17, 15) is 0 Å². The Morgan fingerprint density at radius 3 is 0.889 bits per heavy atom. The monoisotopic (exact) mass is 438 g/mol. The summed E-state index contributed by atoms with van der Waals surface area (Å²) in [4.78, 5) is 0. The Kier molecular flexibility index (Phi) is 10.3. The van der Waals surface area contributed by atoms with Crippen molar-refractivity contribution in [3.63, 3.8) is 0 Å². The standard InChI is InChI=1S/C18H42O6Si3/c1-16(2)25(13-10-19-7)22-26(17(3)4,14-11-20-8)24-27(23-25,18(5)6)15-12-21-9/h16-18H,10-15H2,1-9H3. The van der Waals surface area contributed by atoms with Crippen molar-refractivity contribution in [3.8, 4) is 0 Å². The van der Waals surface area contributed by atoms with Crippen molar-refractivity contribution in [1.82, 2.24) is 0 Å². The molecule has 1 fully saturated rings. The van der Waals surface area contributed by atoms with Crippen LogP contribution in [0.3, 0.4) is 0 Å². The van der Waals surface area contributed by atoms with Crippen molar-refractivity contribution >= 4 is 25.7 Å². The van der Waals surface area contributed by atoms with E-state index in [1.54, 1.807) is 21.3 Å². The molecular formula is C18H42O6Si3. The molecule has 1 aliphatic rings. The lowest BCUT2D eigenvalue weighted by atomic mass is 10.6. The molecule has 1 rings (SSSR count). The van der Waals surface area contributed by atoms with Crippen LogP contribution in [0.2, 0.25) is 34.8 Å². The van der Waals surface area contributed by atoms with E-state index in [0.29, 0.717) is 36.4 Å². The molecule has 0 aromatic rings. The van der Waals surface area contributed by atoms with E-state index in [0.717, 1.165) is 18.1 Å². The number of ether oxygens (including phenoxy) is 3. The lowest BCUT2D eigenvalue weighted by Gasteiger charge is -2.57. The Morgan fingerprint density at radius 2 is 0.741 bits per heavy atom. The van der Waals surface area contributed by atoms with Crippen molar-refractivity contribution in [1.29, 1.82) is 0 Å². The maximum atomic E-state index is 7.04. The average Bonchev–Trinajstić information content (AvgIpc) is 2.62. The summed E-state index contributed by atoms with van der Waals surface area (Å²) >= 11 is 0. The first-order chi connectivity index (χ1) is 12.6. The molecule has 0 spiro atoms. The van der Waals surface area contributed by atoms with Crippen molar-refractivity contribution in [3.05, 3.63) is 0 Å². The molecule has 0 aliphatic carbocycles. The highest BCUT2D eigenvalue weighted by Gasteiger charge is 2.64. The minimum Gasteiger partial charge on any atom is -0.415 e. The van der Waals surface area contributed by atoms with Gasteiger partial charge in [-0.3, -0.25) is 0 Å². The first kappa shape index (κ1) is 25.4. The molecule has 0 amide bonds. The van der Waals surface area contributed by atoms with Crippen LogP contribution in [0, 0.1) is 0 Å². The van der Waals surface area contributed by atoms with E-state index in [2.05, 4.69) is 41.5 Å². The summed E-state index contributed by atoms with van der Waals surface area (Å²) < 4.78 is 37.5. The molecule has 1 heterocycles. The van der Waals surface area contributed by atoms with Gasteiger partial charge >= 0.3 is 25.7 Å². The quantitative estimate of drug-likeness (QED) is 0.417. The van der Waals surface area contributed by atoms with E-state index < -0.39 is 25.7 Å². The molecule has 0 saturated carbocycles. The second-order valence-corrected chi connectivity index (χ2v) is 20.7. The summed E-state index contributed by atoms with van der Waals surface area (Å²) in [5.41, 5.74) is 0.994. The third-order valence-electron chi connectivity index (χ3n) is 5.64. The Labute approximate surface area is 170 Å². The molecule has 0 radical (unpaired) electrons. The van der Waals surface area contributed by atoms with Crippen molar-refractivity contribution in [2.45, 2.75) is 76.3 Å². The molecule has 0 bridgehead atoms. The second-order valence-electron chi connectivity index (χ2n) is 8.43. The zero-order chi connectivity index (χ0) is 20.7. The predicted molar refractivity (Wildman–Crippen MR) is 116 cm³/mol. The normalized spacial score (nSPS) is 32.0. The van der Waals surface area contributed by atoms with Crippen LogP contribution in [0.4, 0.5) is 0 Å². The molecule has 0 aromatic carbocycles. The van der Waals surface area contributed by atoms with Crippen LogP contribution in [0.1, 0.15) is 41.5 Å². The Hall–Kier alpha value is 0.411. The van der Waals surface area contributed by atoms with Gasteiger partial charge < -0.3 is 26.6 Å². The lowest BCUT2D eigenvalue weighted by Crippen LogP contribution is -2.73. The lowest BCUT2D eigenvalue weighted by molar-refractivity contribution is 0.147. The summed E-state index contributed by atoms with van der Waals surface area (Å²) in [6.45, 7) is 15.4. The highest BCUT2D eigenvalue weighted by atomic mass is 28.5. The van der Waals surface area contributed by atoms with Crippen LogP contribution >= 0.6 is 0 Å². The van der Waals surface area contributed by atoms with Crippen molar-refractivity contribution < 1.29 is 26.6 Å². The maximum absolute atomic E-state index is 7.04. The Morgan fingerprint density at radius 1 is 0.519 bits per heavy atom. The molecule has 162 valence electrons. The van der Waals surface area contributed by atoms with Crippen LogP contribution < -0.4 is 0 Å². The van der Waals surface area contributed by atoms with E-state index >= 15 is 0 Å². The molecular weight excluding hydrogens is 396 g/mol. The average molecular weight is 439 g/mol. The van der Waals surface area contributed by atoms with E-state index in [1.807, 2.05) is 0 Å². The third kappa shape index (κ3) is 5.95. The summed E-state index contributed by atoms with van der Waals surface area (Å²) in [5, 5.41) is 0. The first-order valence-electron chi connectivity index (χ1n) is 10.2. The fraction of sp³-hybridized carbons (Fsp3) is 1.00. The SMILES string of the molecule is COCC[Si]1(C(C)C)O[Si](CCOC)(C(C)C)O[Si](CCOC)(C(C)C)O1.